The van der Waals surface area contributed by atoms with Gasteiger partial charge in [-0.05, 0) is 56.5 Å². The summed E-state index contributed by atoms with van der Waals surface area (Å²) in [6.07, 6.45) is 0.938. The van der Waals surface area contributed by atoms with Gasteiger partial charge in [-0.25, -0.2) is 9.48 Å². The van der Waals surface area contributed by atoms with E-state index >= 15 is 0 Å². The predicted octanol–water partition coefficient (Wildman–Crippen LogP) is 4.58. The highest BCUT2D eigenvalue weighted by molar-refractivity contribution is 5.91. The molecular formula is C21H22N2O2. The first-order valence-corrected chi connectivity index (χ1v) is 8.43. The molecule has 4 heteroatoms. The molecule has 0 aliphatic heterocycles. The fourth-order valence-electron chi connectivity index (χ4n) is 2.79. The highest BCUT2D eigenvalue weighted by atomic mass is 16.5. The number of aromatic nitrogens is 2. The summed E-state index contributed by atoms with van der Waals surface area (Å²) < 4.78 is 7.31. The lowest BCUT2D eigenvalue weighted by molar-refractivity contribution is 0.0723. The second-order valence-electron chi connectivity index (χ2n) is 6.27. The number of nitrogens with zero attached hydrogens (tertiary/aromatic N) is 2. The topological polar surface area (TPSA) is 44.1 Å². The Bertz CT molecular complexity index is 908. The van der Waals surface area contributed by atoms with Crippen LogP contribution < -0.4 is 4.74 Å². The lowest BCUT2D eigenvalue weighted by Crippen LogP contribution is -2.12. The minimum atomic E-state index is -0.381. The maximum atomic E-state index is 12.5. The minimum Gasteiger partial charge on any atom is -0.404 e. The zero-order valence-corrected chi connectivity index (χ0v) is 15.0. The summed E-state index contributed by atoms with van der Waals surface area (Å²) in [7, 11) is 0. The van der Waals surface area contributed by atoms with Crippen LogP contribution in [0, 0.1) is 20.8 Å². The van der Waals surface area contributed by atoms with E-state index in [1.165, 1.54) is 11.1 Å². The van der Waals surface area contributed by atoms with Crippen molar-refractivity contribution in [2.75, 3.05) is 0 Å². The molecule has 1 aromatic heterocycles. The lowest BCUT2D eigenvalue weighted by Gasteiger charge is -2.11. The molecule has 0 saturated heterocycles. The minimum absolute atomic E-state index is 0.381. The Morgan fingerprint density at radius 3 is 2.40 bits per heavy atom. The van der Waals surface area contributed by atoms with E-state index in [2.05, 4.69) is 18.1 Å². The molecule has 0 unspecified atom stereocenters. The van der Waals surface area contributed by atoms with E-state index in [0.29, 0.717) is 11.4 Å². The number of carbonyl (C=O) groups is 1. The summed E-state index contributed by atoms with van der Waals surface area (Å²) in [5.41, 5.74) is 5.68. The van der Waals surface area contributed by atoms with Gasteiger partial charge in [0.2, 0.25) is 5.88 Å². The van der Waals surface area contributed by atoms with Gasteiger partial charge in [0.1, 0.15) is 0 Å². The molecule has 0 atom stereocenters. The zero-order chi connectivity index (χ0) is 18.0. The third kappa shape index (κ3) is 3.63. The van der Waals surface area contributed by atoms with Crippen LogP contribution >= 0.6 is 0 Å². The van der Waals surface area contributed by atoms with Crippen molar-refractivity contribution < 1.29 is 9.53 Å². The van der Waals surface area contributed by atoms with E-state index in [4.69, 9.17) is 4.74 Å². The SMILES string of the molecule is CCc1ccc(C(=O)Oc2cc(C)nn2-c2ccc(C)cc2C)cc1. The van der Waals surface area contributed by atoms with Gasteiger partial charge in [-0.3, -0.25) is 0 Å². The molecule has 2 aromatic carbocycles. The van der Waals surface area contributed by atoms with Crippen molar-refractivity contribution in [2.24, 2.45) is 0 Å². The van der Waals surface area contributed by atoms with Crippen LogP contribution in [0.2, 0.25) is 0 Å². The van der Waals surface area contributed by atoms with Crippen LogP contribution in [-0.4, -0.2) is 15.7 Å². The summed E-state index contributed by atoms with van der Waals surface area (Å²) in [6, 6.07) is 15.4. The number of carbonyl (C=O) groups excluding carboxylic acids is 1. The van der Waals surface area contributed by atoms with E-state index in [0.717, 1.165) is 23.4 Å². The number of hydrogen-bond acceptors (Lipinski definition) is 3. The van der Waals surface area contributed by atoms with Crippen molar-refractivity contribution in [3.8, 4) is 11.6 Å². The molecule has 25 heavy (non-hydrogen) atoms. The molecule has 0 amide bonds. The molecule has 0 saturated carbocycles. The first-order valence-electron chi connectivity index (χ1n) is 8.43. The van der Waals surface area contributed by atoms with Crippen molar-refractivity contribution in [1.29, 1.82) is 0 Å². The van der Waals surface area contributed by atoms with Gasteiger partial charge < -0.3 is 4.74 Å². The van der Waals surface area contributed by atoms with E-state index in [-0.39, 0.29) is 5.97 Å². The average Bonchev–Trinajstić information content (AvgIpc) is 2.95. The third-order valence-electron chi connectivity index (χ3n) is 4.17. The number of ether oxygens (including phenoxy) is 1. The smallest absolute Gasteiger partial charge is 0.344 e. The van der Waals surface area contributed by atoms with Crippen LogP contribution in [0.25, 0.3) is 5.69 Å². The first-order chi connectivity index (χ1) is 12.0. The van der Waals surface area contributed by atoms with E-state index in [9.17, 15) is 4.79 Å². The molecule has 0 aliphatic rings. The maximum absolute atomic E-state index is 12.5. The summed E-state index contributed by atoms with van der Waals surface area (Å²) >= 11 is 0. The van der Waals surface area contributed by atoms with Gasteiger partial charge >= 0.3 is 5.97 Å². The van der Waals surface area contributed by atoms with Crippen LogP contribution in [0.3, 0.4) is 0 Å². The Balaban J connectivity index is 1.91. The van der Waals surface area contributed by atoms with Crippen molar-refractivity contribution in [3.05, 3.63) is 76.5 Å². The van der Waals surface area contributed by atoms with Gasteiger partial charge in [-0.15, -0.1) is 0 Å². The zero-order valence-electron chi connectivity index (χ0n) is 15.0. The Hall–Kier alpha value is -2.88. The second kappa shape index (κ2) is 6.93. The Kier molecular flexibility index (Phi) is 4.70. The molecule has 1 heterocycles. The van der Waals surface area contributed by atoms with Gasteiger partial charge in [-0.1, -0.05) is 36.8 Å². The molecule has 0 radical (unpaired) electrons. The van der Waals surface area contributed by atoms with Gasteiger partial charge in [0.25, 0.3) is 0 Å². The molecule has 3 aromatic rings. The van der Waals surface area contributed by atoms with Gasteiger partial charge in [0.05, 0.1) is 16.9 Å². The van der Waals surface area contributed by atoms with Crippen LogP contribution in [0.15, 0.2) is 48.5 Å². The van der Waals surface area contributed by atoms with E-state index in [1.54, 1.807) is 22.9 Å². The van der Waals surface area contributed by atoms with Crippen LogP contribution in [0.1, 0.15) is 39.7 Å². The molecule has 0 bridgehead atoms. The number of hydrogen-bond donors (Lipinski definition) is 0. The summed E-state index contributed by atoms with van der Waals surface area (Å²) in [5, 5.41) is 4.48. The molecule has 3 rings (SSSR count). The van der Waals surface area contributed by atoms with Crippen LogP contribution in [0.5, 0.6) is 5.88 Å². The fraction of sp³-hybridized carbons (Fsp3) is 0.238. The van der Waals surface area contributed by atoms with Crippen LogP contribution in [0.4, 0.5) is 0 Å². The number of aryl methyl sites for hydroxylation is 4. The lowest BCUT2D eigenvalue weighted by atomic mass is 10.1. The average molecular weight is 334 g/mol. The van der Waals surface area contributed by atoms with Crippen molar-refractivity contribution in [3.63, 3.8) is 0 Å². The third-order valence-corrected chi connectivity index (χ3v) is 4.17. The van der Waals surface area contributed by atoms with E-state index in [1.807, 2.05) is 45.0 Å². The highest BCUT2D eigenvalue weighted by Gasteiger charge is 2.16. The largest absolute Gasteiger partial charge is 0.404 e. The molecule has 0 spiro atoms. The van der Waals surface area contributed by atoms with Crippen molar-refractivity contribution >= 4 is 5.97 Å². The summed E-state index contributed by atoms with van der Waals surface area (Å²) in [5.74, 6) is 0.0441. The fourth-order valence-corrected chi connectivity index (χ4v) is 2.79. The number of benzene rings is 2. The molecule has 0 N–H and O–H groups in total. The van der Waals surface area contributed by atoms with Gasteiger partial charge in [0.15, 0.2) is 0 Å². The normalized spacial score (nSPS) is 10.7. The van der Waals surface area contributed by atoms with Crippen molar-refractivity contribution in [1.82, 2.24) is 9.78 Å². The van der Waals surface area contributed by atoms with Gasteiger partial charge in [0, 0.05) is 6.07 Å². The molecule has 0 aliphatic carbocycles. The van der Waals surface area contributed by atoms with Gasteiger partial charge in [-0.2, -0.15) is 5.10 Å². The Labute approximate surface area is 148 Å². The summed E-state index contributed by atoms with van der Waals surface area (Å²) in [6.45, 7) is 8.03. The Morgan fingerprint density at radius 1 is 1.04 bits per heavy atom. The van der Waals surface area contributed by atoms with E-state index < -0.39 is 0 Å². The standard InChI is InChI=1S/C21H22N2O2/c1-5-17-7-9-18(10-8-17)21(24)25-20-13-16(4)22-23(20)19-11-6-14(2)12-15(19)3/h6-13H,5H2,1-4H3. The summed E-state index contributed by atoms with van der Waals surface area (Å²) in [4.78, 5) is 12.5. The number of esters is 1. The molecular weight excluding hydrogens is 312 g/mol. The second-order valence-corrected chi connectivity index (χ2v) is 6.27. The Morgan fingerprint density at radius 2 is 1.76 bits per heavy atom. The first kappa shape index (κ1) is 17.0. The predicted molar refractivity (Wildman–Crippen MR) is 98.6 cm³/mol. The monoisotopic (exact) mass is 334 g/mol. The van der Waals surface area contributed by atoms with Crippen LogP contribution in [-0.2, 0) is 6.42 Å². The maximum Gasteiger partial charge on any atom is 0.344 e. The molecule has 0 fully saturated rings. The van der Waals surface area contributed by atoms with Crippen molar-refractivity contribution in [2.45, 2.75) is 34.1 Å². The molecule has 128 valence electrons. The molecule has 4 nitrogen and oxygen atoms in total. The quantitative estimate of drug-likeness (QED) is 0.656. The number of rotatable bonds is 4. The highest BCUT2D eigenvalue weighted by Crippen LogP contribution is 2.23.